The number of rotatable bonds is 1. The molecule has 2 aliphatic heterocycles. The minimum absolute atomic E-state index is 0.647. The van der Waals surface area contributed by atoms with Gasteiger partial charge in [-0.3, -0.25) is 0 Å². The molecule has 2 fully saturated rings. The molecule has 2 nitrogen and oxygen atoms in total. The summed E-state index contributed by atoms with van der Waals surface area (Å²) in [5.41, 5.74) is 0.647. The summed E-state index contributed by atoms with van der Waals surface area (Å²) in [7, 11) is 2.29. The molecule has 3 atom stereocenters. The van der Waals surface area contributed by atoms with E-state index in [2.05, 4.69) is 31.1 Å². The van der Waals surface area contributed by atoms with Crippen LogP contribution in [0.15, 0.2) is 0 Å². The quantitative estimate of drug-likeness (QED) is 0.687. The Morgan fingerprint density at radius 3 is 2.86 bits per heavy atom. The summed E-state index contributed by atoms with van der Waals surface area (Å²) in [5, 5.41) is 3.55. The van der Waals surface area contributed by atoms with Gasteiger partial charge in [-0.25, -0.2) is 0 Å². The van der Waals surface area contributed by atoms with Gasteiger partial charge in [0.2, 0.25) is 0 Å². The topological polar surface area (TPSA) is 15.3 Å². The van der Waals surface area contributed by atoms with E-state index in [0.717, 1.165) is 12.0 Å². The van der Waals surface area contributed by atoms with Gasteiger partial charge in [-0.1, -0.05) is 13.3 Å². The second-order valence-electron chi connectivity index (χ2n) is 5.39. The Hall–Kier alpha value is -0.0800. The minimum Gasteiger partial charge on any atom is -0.316 e. The van der Waals surface area contributed by atoms with Gasteiger partial charge >= 0.3 is 0 Å². The van der Waals surface area contributed by atoms with E-state index in [1.54, 1.807) is 0 Å². The van der Waals surface area contributed by atoms with Crippen LogP contribution in [0.3, 0.4) is 0 Å². The van der Waals surface area contributed by atoms with Crippen molar-refractivity contribution in [1.82, 2.24) is 10.2 Å². The van der Waals surface area contributed by atoms with Crippen molar-refractivity contribution in [3.05, 3.63) is 0 Å². The van der Waals surface area contributed by atoms with Crippen molar-refractivity contribution in [2.24, 2.45) is 11.3 Å². The number of piperidine rings is 1. The van der Waals surface area contributed by atoms with E-state index < -0.39 is 0 Å². The predicted molar refractivity (Wildman–Crippen MR) is 60.4 cm³/mol. The van der Waals surface area contributed by atoms with Crippen LogP contribution in [0.2, 0.25) is 0 Å². The standard InChI is InChI=1S/C12H24N2/c1-4-11-8-13-6-5-12(11)7-10(2)14(3)9-12/h10-11,13H,4-9H2,1-3H3. The fraction of sp³-hybridized carbons (Fsp3) is 1.00. The van der Waals surface area contributed by atoms with Crippen molar-refractivity contribution in [2.45, 2.75) is 39.2 Å². The molecule has 0 aromatic heterocycles. The Kier molecular flexibility index (Phi) is 2.85. The van der Waals surface area contributed by atoms with Crippen molar-refractivity contribution in [3.8, 4) is 0 Å². The van der Waals surface area contributed by atoms with Crippen molar-refractivity contribution < 1.29 is 0 Å². The van der Waals surface area contributed by atoms with Gasteiger partial charge in [0.15, 0.2) is 0 Å². The third kappa shape index (κ3) is 1.59. The molecule has 3 unspecified atom stereocenters. The van der Waals surface area contributed by atoms with Crippen LogP contribution in [-0.2, 0) is 0 Å². The number of hydrogen-bond donors (Lipinski definition) is 1. The molecular formula is C12H24N2. The van der Waals surface area contributed by atoms with Gasteiger partial charge in [0.25, 0.3) is 0 Å². The summed E-state index contributed by atoms with van der Waals surface area (Å²) < 4.78 is 0. The van der Waals surface area contributed by atoms with Crippen LogP contribution in [0, 0.1) is 11.3 Å². The molecule has 1 spiro atoms. The first-order valence-corrected chi connectivity index (χ1v) is 6.09. The largest absolute Gasteiger partial charge is 0.316 e. The van der Waals surface area contributed by atoms with Gasteiger partial charge < -0.3 is 10.2 Å². The summed E-state index contributed by atoms with van der Waals surface area (Å²) in [4.78, 5) is 2.55. The maximum absolute atomic E-state index is 3.55. The molecule has 0 radical (unpaired) electrons. The minimum atomic E-state index is 0.647. The number of nitrogens with zero attached hydrogens (tertiary/aromatic N) is 1. The molecule has 2 heteroatoms. The lowest BCUT2D eigenvalue weighted by Gasteiger charge is -2.41. The van der Waals surface area contributed by atoms with E-state index in [1.807, 2.05) is 0 Å². The first kappa shape index (κ1) is 10.4. The van der Waals surface area contributed by atoms with Gasteiger partial charge in [-0.15, -0.1) is 0 Å². The highest BCUT2D eigenvalue weighted by atomic mass is 15.2. The molecule has 82 valence electrons. The zero-order valence-corrected chi connectivity index (χ0v) is 9.84. The Labute approximate surface area is 88.1 Å². The second-order valence-corrected chi connectivity index (χ2v) is 5.39. The van der Waals surface area contributed by atoms with Crippen molar-refractivity contribution in [1.29, 1.82) is 0 Å². The number of hydrogen-bond acceptors (Lipinski definition) is 2. The monoisotopic (exact) mass is 196 g/mol. The molecule has 0 aromatic carbocycles. The molecule has 2 aliphatic rings. The molecule has 0 aromatic rings. The van der Waals surface area contributed by atoms with Crippen molar-refractivity contribution >= 4 is 0 Å². The van der Waals surface area contributed by atoms with Gasteiger partial charge in [0.1, 0.15) is 0 Å². The van der Waals surface area contributed by atoms with E-state index in [9.17, 15) is 0 Å². The summed E-state index contributed by atoms with van der Waals surface area (Å²) in [6.07, 6.45) is 4.15. The lowest BCUT2D eigenvalue weighted by atomic mass is 9.68. The van der Waals surface area contributed by atoms with Crippen molar-refractivity contribution in [3.63, 3.8) is 0 Å². The molecule has 0 amide bonds. The van der Waals surface area contributed by atoms with E-state index in [4.69, 9.17) is 0 Å². The zero-order valence-electron chi connectivity index (χ0n) is 9.84. The van der Waals surface area contributed by atoms with E-state index >= 15 is 0 Å². The molecule has 2 rings (SSSR count). The highest BCUT2D eigenvalue weighted by Crippen LogP contribution is 2.45. The van der Waals surface area contributed by atoms with E-state index in [0.29, 0.717) is 5.41 Å². The Morgan fingerprint density at radius 1 is 1.50 bits per heavy atom. The number of nitrogens with one attached hydrogen (secondary N) is 1. The molecule has 0 saturated carbocycles. The second kappa shape index (κ2) is 3.82. The molecule has 14 heavy (non-hydrogen) atoms. The van der Waals surface area contributed by atoms with E-state index in [1.165, 1.54) is 38.9 Å². The Morgan fingerprint density at radius 2 is 2.29 bits per heavy atom. The molecule has 2 heterocycles. The number of likely N-dealkylation sites (tertiary alicyclic amines) is 1. The van der Waals surface area contributed by atoms with Crippen LogP contribution < -0.4 is 5.32 Å². The van der Waals surface area contributed by atoms with Crippen LogP contribution in [-0.4, -0.2) is 37.6 Å². The fourth-order valence-corrected chi connectivity index (χ4v) is 3.55. The summed E-state index contributed by atoms with van der Waals surface area (Å²) in [6.45, 7) is 8.54. The average Bonchev–Trinajstić information content (AvgIpc) is 2.44. The third-order valence-electron chi connectivity index (χ3n) is 4.57. The molecule has 1 N–H and O–H groups in total. The van der Waals surface area contributed by atoms with Crippen LogP contribution >= 0.6 is 0 Å². The molecule has 2 saturated heterocycles. The van der Waals surface area contributed by atoms with Crippen LogP contribution in [0.25, 0.3) is 0 Å². The molecule has 0 aliphatic carbocycles. The SMILES string of the molecule is CCC1CNCCC12CC(C)N(C)C2. The maximum Gasteiger partial charge on any atom is 0.00700 e. The van der Waals surface area contributed by atoms with E-state index in [-0.39, 0.29) is 0 Å². The lowest BCUT2D eigenvalue weighted by Crippen LogP contribution is -2.46. The Bertz CT molecular complexity index is 192. The fourth-order valence-electron chi connectivity index (χ4n) is 3.55. The summed E-state index contributed by atoms with van der Waals surface area (Å²) in [6, 6.07) is 0.794. The van der Waals surface area contributed by atoms with Crippen LogP contribution in [0.4, 0.5) is 0 Å². The molecular weight excluding hydrogens is 172 g/mol. The van der Waals surface area contributed by atoms with Crippen molar-refractivity contribution in [2.75, 3.05) is 26.7 Å². The lowest BCUT2D eigenvalue weighted by molar-refractivity contribution is 0.114. The van der Waals surface area contributed by atoms with Gasteiger partial charge in [0.05, 0.1) is 0 Å². The first-order chi connectivity index (χ1) is 6.68. The van der Waals surface area contributed by atoms with Gasteiger partial charge in [-0.2, -0.15) is 0 Å². The third-order valence-corrected chi connectivity index (χ3v) is 4.57. The Balaban J connectivity index is 2.12. The van der Waals surface area contributed by atoms with Gasteiger partial charge in [-0.05, 0) is 51.2 Å². The maximum atomic E-state index is 3.55. The first-order valence-electron chi connectivity index (χ1n) is 6.09. The summed E-state index contributed by atoms with van der Waals surface area (Å²) in [5.74, 6) is 0.906. The highest BCUT2D eigenvalue weighted by Gasteiger charge is 2.46. The average molecular weight is 196 g/mol. The predicted octanol–water partition coefficient (Wildman–Crippen LogP) is 1.72. The zero-order chi connectivity index (χ0) is 10.2. The van der Waals surface area contributed by atoms with Crippen LogP contribution in [0.1, 0.15) is 33.1 Å². The molecule has 0 bridgehead atoms. The normalized spacial score (nSPS) is 44.8. The highest BCUT2D eigenvalue weighted by molar-refractivity contribution is 4.99. The smallest absolute Gasteiger partial charge is 0.00700 e. The van der Waals surface area contributed by atoms with Crippen LogP contribution in [0.5, 0.6) is 0 Å². The summed E-state index contributed by atoms with van der Waals surface area (Å²) >= 11 is 0. The van der Waals surface area contributed by atoms with Gasteiger partial charge in [0, 0.05) is 12.6 Å².